The molecule has 1 aromatic heterocycles. The average molecular weight is 372 g/mol. The van der Waals surface area contributed by atoms with Crippen molar-refractivity contribution in [2.24, 2.45) is 5.41 Å². The first-order valence-corrected chi connectivity index (χ1v) is 10.6. The third-order valence-corrected chi connectivity index (χ3v) is 6.61. The lowest BCUT2D eigenvalue weighted by atomic mass is 9.73. The van der Waals surface area contributed by atoms with E-state index in [9.17, 15) is 4.79 Å². The van der Waals surface area contributed by atoms with Crippen molar-refractivity contribution in [1.29, 1.82) is 0 Å². The molecule has 3 fully saturated rings. The Labute approximate surface area is 162 Å². The van der Waals surface area contributed by atoms with Crippen LogP contribution in [0.15, 0.2) is 12.4 Å². The standard InChI is InChI=1S/C21H33N5O/c1-18-13-23-19(14-22-18)15-26-17-21(7-5-20(26)27)6-4-10-25(16-21)12-11-24-8-2-3-9-24/h13-14H,2-12,15-17H2,1H3. The Morgan fingerprint density at radius 1 is 0.963 bits per heavy atom. The molecule has 6 heteroatoms. The normalized spacial score (nSPS) is 27.6. The Morgan fingerprint density at radius 3 is 2.52 bits per heavy atom. The SMILES string of the molecule is Cc1cnc(CN2CC3(CCCN(CCN4CCCC4)C3)CCC2=O)cn1. The summed E-state index contributed by atoms with van der Waals surface area (Å²) in [5, 5.41) is 0. The van der Waals surface area contributed by atoms with Crippen molar-refractivity contribution in [1.82, 2.24) is 24.7 Å². The van der Waals surface area contributed by atoms with E-state index in [4.69, 9.17) is 0 Å². The summed E-state index contributed by atoms with van der Waals surface area (Å²) in [4.78, 5) is 28.6. The van der Waals surface area contributed by atoms with E-state index in [1.807, 2.05) is 18.0 Å². The number of aromatic nitrogens is 2. The van der Waals surface area contributed by atoms with Crippen LogP contribution < -0.4 is 0 Å². The molecule has 0 bridgehead atoms. The first-order valence-electron chi connectivity index (χ1n) is 10.6. The Hall–Kier alpha value is -1.53. The molecule has 148 valence electrons. The molecule has 0 aromatic carbocycles. The van der Waals surface area contributed by atoms with E-state index in [0.29, 0.717) is 13.0 Å². The molecule has 1 spiro atoms. The number of hydrogen-bond acceptors (Lipinski definition) is 5. The number of piperidine rings is 2. The lowest BCUT2D eigenvalue weighted by Gasteiger charge is -2.48. The van der Waals surface area contributed by atoms with Crippen LogP contribution in [0.3, 0.4) is 0 Å². The van der Waals surface area contributed by atoms with Crippen LogP contribution in [-0.2, 0) is 11.3 Å². The second-order valence-corrected chi connectivity index (χ2v) is 8.83. The Kier molecular flexibility index (Phi) is 5.74. The second-order valence-electron chi connectivity index (χ2n) is 8.83. The Balaban J connectivity index is 1.36. The van der Waals surface area contributed by atoms with Crippen molar-refractivity contribution in [2.75, 3.05) is 45.8 Å². The zero-order valence-electron chi connectivity index (χ0n) is 16.7. The van der Waals surface area contributed by atoms with E-state index < -0.39 is 0 Å². The third-order valence-electron chi connectivity index (χ3n) is 6.61. The van der Waals surface area contributed by atoms with Crippen LogP contribution in [-0.4, -0.2) is 76.4 Å². The van der Waals surface area contributed by atoms with Crippen LogP contribution in [0.2, 0.25) is 0 Å². The monoisotopic (exact) mass is 371 g/mol. The van der Waals surface area contributed by atoms with E-state index in [0.717, 1.165) is 30.9 Å². The molecule has 27 heavy (non-hydrogen) atoms. The van der Waals surface area contributed by atoms with Gasteiger partial charge in [-0.2, -0.15) is 0 Å². The molecular formula is C21H33N5O. The van der Waals surface area contributed by atoms with Gasteiger partial charge in [-0.05, 0) is 58.7 Å². The largest absolute Gasteiger partial charge is 0.336 e. The van der Waals surface area contributed by atoms with Crippen LogP contribution in [0.1, 0.15) is 49.9 Å². The maximum atomic E-state index is 12.5. The van der Waals surface area contributed by atoms with Crippen molar-refractivity contribution < 1.29 is 4.79 Å². The molecule has 1 atom stereocenters. The molecule has 0 aliphatic carbocycles. The highest BCUT2D eigenvalue weighted by Crippen LogP contribution is 2.39. The molecule has 3 saturated heterocycles. The summed E-state index contributed by atoms with van der Waals surface area (Å²) < 4.78 is 0. The minimum Gasteiger partial charge on any atom is -0.336 e. The maximum Gasteiger partial charge on any atom is 0.222 e. The van der Waals surface area contributed by atoms with E-state index in [-0.39, 0.29) is 11.3 Å². The highest BCUT2D eigenvalue weighted by molar-refractivity contribution is 5.77. The summed E-state index contributed by atoms with van der Waals surface area (Å²) in [6.45, 7) is 10.7. The van der Waals surface area contributed by atoms with Gasteiger partial charge in [-0.1, -0.05) is 0 Å². The predicted molar refractivity (Wildman–Crippen MR) is 105 cm³/mol. The Morgan fingerprint density at radius 2 is 1.74 bits per heavy atom. The molecule has 4 rings (SSSR count). The van der Waals surface area contributed by atoms with Gasteiger partial charge < -0.3 is 14.7 Å². The first kappa shape index (κ1) is 18.8. The number of nitrogens with zero attached hydrogens (tertiary/aromatic N) is 5. The van der Waals surface area contributed by atoms with Gasteiger partial charge in [0.05, 0.1) is 24.1 Å². The fourth-order valence-electron chi connectivity index (χ4n) is 5.07. The number of aryl methyl sites for hydroxylation is 1. The highest BCUT2D eigenvalue weighted by atomic mass is 16.2. The lowest BCUT2D eigenvalue weighted by Crippen LogP contribution is -2.54. The number of carbonyl (C=O) groups is 1. The maximum absolute atomic E-state index is 12.5. The van der Waals surface area contributed by atoms with Gasteiger partial charge in [-0.15, -0.1) is 0 Å². The number of amides is 1. The van der Waals surface area contributed by atoms with Crippen molar-refractivity contribution in [2.45, 2.75) is 52.0 Å². The molecule has 6 nitrogen and oxygen atoms in total. The quantitative estimate of drug-likeness (QED) is 0.793. The summed E-state index contributed by atoms with van der Waals surface area (Å²) in [7, 11) is 0. The van der Waals surface area contributed by atoms with Gasteiger partial charge >= 0.3 is 0 Å². The Bertz CT molecular complexity index is 642. The minimum absolute atomic E-state index is 0.273. The van der Waals surface area contributed by atoms with Gasteiger partial charge in [0.25, 0.3) is 0 Å². The van der Waals surface area contributed by atoms with Crippen LogP contribution >= 0.6 is 0 Å². The first-order chi connectivity index (χ1) is 13.1. The molecule has 1 amide bonds. The molecule has 1 aromatic rings. The van der Waals surface area contributed by atoms with E-state index >= 15 is 0 Å². The smallest absolute Gasteiger partial charge is 0.222 e. The molecule has 4 heterocycles. The molecule has 1 unspecified atom stereocenters. The number of likely N-dealkylation sites (tertiary alicyclic amines) is 3. The predicted octanol–water partition coefficient (Wildman–Crippen LogP) is 2.09. The third kappa shape index (κ3) is 4.66. The van der Waals surface area contributed by atoms with Crippen LogP contribution in [0.4, 0.5) is 0 Å². The van der Waals surface area contributed by atoms with Crippen LogP contribution in [0.25, 0.3) is 0 Å². The summed E-state index contributed by atoms with van der Waals surface area (Å²) >= 11 is 0. The van der Waals surface area contributed by atoms with E-state index in [1.165, 1.54) is 58.4 Å². The van der Waals surface area contributed by atoms with Crippen molar-refractivity contribution in [3.8, 4) is 0 Å². The number of hydrogen-bond donors (Lipinski definition) is 0. The van der Waals surface area contributed by atoms with E-state index in [2.05, 4.69) is 19.8 Å². The summed E-state index contributed by atoms with van der Waals surface area (Å²) in [5.74, 6) is 0.275. The summed E-state index contributed by atoms with van der Waals surface area (Å²) in [5.41, 5.74) is 2.09. The number of rotatable bonds is 5. The van der Waals surface area contributed by atoms with Gasteiger partial charge in [0.15, 0.2) is 0 Å². The minimum atomic E-state index is 0.273. The number of carbonyl (C=O) groups excluding carboxylic acids is 1. The van der Waals surface area contributed by atoms with Crippen molar-refractivity contribution in [3.63, 3.8) is 0 Å². The van der Waals surface area contributed by atoms with Gasteiger partial charge in [-0.3, -0.25) is 14.8 Å². The summed E-state index contributed by atoms with van der Waals surface area (Å²) in [6, 6.07) is 0. The topological polar surface area (TPSA) is 52.6 Å². The van der Waals surface area contributed by atoms with Crippen LogP contribution in [0, 0.1) is 12.3 Å². The second kappa shape index (κ2) is 8.23. The van der Waals surface area contributed by atoms with Crippen molar-refractivity contribution >= 4 is 5.91 Å². The highest BCUT2D eigenvalue weighted by Gasteiger charge is 2.41. The molecule has 0 radical (unpaired) electrons. The average Bonchev–Trinajstić information content (AvgIpc) is 3.19. The molecule has 3 aliphatic heterocycles. The van der Waals surface area contributed by atoms with E-state index in [1.54, 1.807) is 6.20 Å². The fraction of sp³-hybridized carbons (Fsp3) is 0.762. The zero-order valence-corrected chi connectivity index (χ0v) is 16.7. The molecule has 0 N–H and O–H groups in total. The van der Waals surface area contributed by atoms with Crippen molar-refractivity contribution in [3.05, 3.63) is 23.8 Å². The van der Waals surface area contributed by atoms with Crippen LogP contribution in [0.5, 0.6) is 0 Å². The van der Waals surface area contributed by atoms with Gasteiger partial charge in [0.1, 0.15) is 0 Å². The fourth-order valence-corrected chi connectivity index (χ4v) is 5.07. The molecule has 3 aliphatic rings. The molecular weight excluding hydrogens is 338 g/mol. The zero-order chi connectivity index (χ0) is 18.7. The van der Waals surface area contributed by atoms with Gasteiger partial charge in [0, 0.05) is 44.2 Å². The molecule has 0 saturated carbocycles. The van der Waals surface area contributed by atoms with Gasteiger partial charge in [0.2, 0.25) is 5.91 Å². The summed E-state index contributed by atoms with van der Waals surface area (Å²) in [6.07, 6.45) is 10.6. The lowest BCUT2D eigenvalue weighted by molar-refractivity contribution is -0.140. The van der Waals surface area contributed by atoms with Gasteiger partial charge in [-0.25, -0.2) is 0 Å².